The van der Waals surface area contributed by atoms with Gasteiger partial charge in [-0.15, -0.1) is 0 Å². The lowest BCUT2D eigenvalue weighted by atomic mass is 10.1. The molecule has 80 valence electrons. The zero-order chi connectivity index (χ0) is 11.3. The van der Waals surface area contributed by atoms with E-state index >= 15 is 0 Å². The quantitative estimate of drug-likeness (QED) is 0.912. The Bertz CT molecular complexity index is 369. The fourth-order valence-electron chi connectivity index (χ4n) is 1.14. The normalized spacial score (nSPS) is 10.1. The average Bonchev–Trinajstić information content (AvgIpc) is 2.19. The van der Waals surface area contributed by atoms with Gasteiger partial charge in [0, 0.05) is 17.2 Å². The molecule has 1 rings (SSSR count). The fraction of sp³-hybridized carbons (Fsp3) is 0.455. The molecule has 0 saturated carbocycles. The van der Waals surface area contributed by atoms with E-state index < -0.39 is 0 Å². The first-order valence-electron chi connectivity index (χ1n) is 4.93. The molecule has 0 fully saturated rings. The van der Waals surface area contributed by atoms with Crippen LogP contribution in [0.3, 0.4) is 0 Å². The third-order valence-electron chi connectivity index (χ3n) is 1.99. The molecule has 0 spiro atoms. The van der Waals surface area contributed by atoms with Gasteiger partial charge in [0.25, 0.3) is 0 Å². The van der Waals surface area contributed by atoms with Crippen LogP contribution in [-0.4, -0.2) is 11.5 Å². The average molecular weight is 268 g/mol. The second-order valence-electron chi connectivity index (χ2n) is 3.77. The number of hydrogen-bond acceptors (Lipinski definition) is 3. The van der Waals surface area contributed by atoms with Gasteiger partial charge in [-0.05, 0) is 34.3 Å². The summed E-state index contributed by atoms with van der Waals surface area (Å²) in [7, 11) is 0. The molecule has 0 unspecified atom stereocenters. The van der Waals surface area contributed by atoms with Crippen molar-refractivity contribution in [3.63, 3.8) is 0 Å². The van der Waals surface area contributed by atoms with Gasteiger partial charge in [0.2, 0.25) is 0 Å². The summed E-state index contributed by atoms with van der Waals surface area (Å²) < 4.78 is 0.827. The van der Waals surface area contributed by atoms with Gasteiger partial charge >= 0.3 is 0 Å². The fourth-order valence-corrected chi connectivity index (χ4v) is 1.48. The third-order valence-corrected chi connectivity index (χ3v) is 2.42. The number of pyridine rings is 1. The molecule has 15 heavy (non-hydrogen) atoms. The van der Waals surface area contributed by atoms with E-state index in [0.717, 1.165) is 17.4 Å². The summed E-state index contributed by atoms with van der Waals surface area (Å²) in [6, 6.07) is 3.89. The first-order valence-corrected chi connectivity index (χ1v) is 5.72. The lowest BCUT2D eigenvalue weighted by Gasteiger charge is -2.08. The molecule has 1 aromatic heterocycles. The number of nitrogens with one attached hydrogen (secondary N) is 1. The molecule has 1 aromatic rings. The second kappa shape index (κ2) is 5.72. The first-order chi connectivity index (χ1) is 7.13. The van der Waals surface area contributed by atoms with Crippen molar-refractivity contribution in [1.29, 1.82) is 5.26 Å². The maximum Gasteiger partial charge on any atom is 0.143 e. The molecule has 0 amide bonds. The molecular weight excluding hydrogens is 254 g/mol. The van der Waals surface area contributed by atoms with Gasteiger partial charge in [-0.3, -0.25) is 0 Å². The number of halogens is 1. The molecular formula is C11H14BrN3. The SMILES string of the molecule is CC(C)CCNc1ncc(Br)cc1C#N. The molecule has 0 aliphatic rings. The van der Waals surface area contributed by atoms with Crippen molar-refractivity contribution in [3.05, 3.63) is 22.3 Å². The van der Waals surface area contributed by atoms with E-state index in [0.29, 0.717) is 17.3 Å². The Morgan fingerprint density at radius 1 is 1.60 bits per heavy atom. The van der Waals surface area contributed by atoms with E-state index in [-0.39, 0.29) is 0 Å². The summed E-state index contributed by atoms with van der Waals surface area (Å²) in [6.07, 6.45) is 2.77. The van der Waals surface area contributed by atoms with Crippen molar-refractivity contribution in [2.24, 2.45) is 5.92 Å². The molecule has 0 saturated heterocycles. The zero-order valence-electron chi connectivity index (χ0n) is 8.92. The Morgan fingerprint density at radius 2 is 2.33 bits per heavy atom. The Labute approximate surface area is 98.7 Å². The van der Waals surface area contributed by atoms with Crippen molar-refractivity contribution < 1.29 is 0 Å². The highest BCUT2D eigenvalue weighted by Crippen LogP contribution is 2.17. The molecule has 0 radical (unpaired) electrons. The van der Waals surface area contributed by atoms with E-state index in [1.807, 2.05) is 0 Å². The largest absolute Gasteiger partial charge is 0.369 e. The van der Waals surface area contributed by atoms with Crippen molar-refractivity contribution in [3.8, 4) is 6.07 Å². The van der Waals surface area contributed by atoms with Gasteiger partial charge in [-0.2, -0.15) is 5.26 Å². The predicted octanol–water partition coefficient (Wildman–Crippen LogP) is 3.17. The van der Waals surface area contributed by atoms with E-state index in [9.17, 15) is 0 Å². The van der Waals surface area contributed by atoms with Crippen LogP contribution < -0.4 is 5.32 Å². The van der Waals surface area contributed by atoms with E-state index in [4.69, 9.17) is 5.26 Å². The lowest BCUT2D eigenvalue weighted by Crippen LogP contribution is -2.07. The van der Waals surface area contributed by atoms with Crippen molar-refractivity contribution >= 4 is 21.7 Å². The van der Waals surface area contributed by atoms with Gasteiger partial charge in [0.1, 0.15) is 11.9 Å². The van der Waals surface area contributed by atoms with Crippen LogP contribution in [0.1, 0.15) is 25.8 Å². The minimum absolute atomic E-state index is 0.577. The monoisotopic (exact) mass is 267 g/mol. The summed E-state index contributed by atoms with van der Waals surface area (Å²) in [5.41, 5.74) is 0.577. The molecule has 0 aromatic carbocycles. The van der Waals surface area contributed by atoms with E-state index in [1.165, 1.54) is 0 Å². The minimum atomic E-state index is 0.577. The van der Waals surface area contributed by atoms with Crippen LogP contribution in [0.5, 0.6) is 0 Å². The molecule has 0 aliphatic carbocycles. The van der Waals surface area contributed by atoms with Crippen LogP contribution in [0, 0.1) is 17.2 Å². The molecule has 3 nitrogen and oxygen atoms in total. The van der Waals surface area contributed by atoms with Gasteiger partial charge in [0.15, 0.2) is 0 Å². The predicted molar refractivity (Wildman–Crippen MR) is 64.6 cm³/mol. The number of hydrogen-bond donors (Lipinski definition) is 1. The van der Waals surface area contributed by atoms with Crippen LogP contribution in [-0.2, 0) is 0 Å². The van der Waals surface area contributed by atoms with Gasteiger partial charge < -0.3 is 5.32 Å². The topological polar surface area (TPSA) is 48.7 Å². The van der Waals surface area contributed by atoms with Crippen LogP contribution in [0.2, 0.25) is 0 Å². The Kier molecular flexibility index (Phi) is 4.57. The second-order valence-corrected chi connectivity index (χ2v) is 4.69. The number of nitrogens with zero attached hydrogens (tertiary/aromatic N) is 2. The summed E-state index contributed by atoms with van der Waals surface area (Å²) in [6.45, 7) is 5.19. The zero-order valence-corrected chi connectivity index (χ0v) is 10.5. The van der Waals surface area contributed by atoms with Gasteiger partial charge in [-0.25, -0.2) is 4.98 Å². The number of nitriles is 1. The minimum Gasteiger partial charge on any atom is -0.369 e. The molecule has 4 heteroatoms. The van der Waals surface area contributed by atoms with Crippen LogP contribution >= 0.6 is 15.9 Å². The van der Waals surface area contributed by atoms with Gasteiger partial charge in [0.05, 0.1) is 5.56 Å². The van der Waals surface area contributed by atoms with E-state index in [2.05, 4.69) is 46.1 Å². The Balaban J connectivity index is 2.65. The van der Waals surface area contributed by atoms with Gasteiger partial charge in [-0.1, -0.05) is 13.8 Å². The molecule has 0 atom stereocenters. The standard InChI is InChI=1S/C11H14BrN3/c1-8(2)3-4-14-11-9(6-13)5-10(12)7-15-11/h5,7-8H,3-4H2,1-2H3,(H,14,15). The van der Waals surface area contributed by atoms with Crippen LogP contribution in [0.4, 0.5) is 5.82 Å². The van der Waals surface area contributed by atoms with Crippen LogP contribution in [0.25, 0.3) is 0 Å². The highest BCUT2D eigenvalue weighted by atomic mass is 79.9. The van der Waals surface area contributed by atoms with Crippen molar-refractivity contribution in [2.45, 2.75) is 20.3 Å². The van der Waals surface area contributed by atoms with E-state index in [1.54, 1.807) is 12.3 Å². The first kappa shape index (κ1) is 12.0. The Hall–Kier alpha value is -1.08. The molecule has 1 heterocycles. The summed E-state index contributed by atoms with van der Waals surface area (Å²) in [5.74, 6) is 1.32. The highest BCUT2D eigenvalue weighted by molar-refractivity contribution is 9.10. The summed E-state index contributed by atoms with van der Waals surface area (Å²) in [5, 5.41) is 12.1. The number of rotatable bonds is 4. The molecule has 0 aliphatic heterocycles. The Morgan fingerprint density at radius 3 is 2.93 bits per heavy atom. The molecule has 1 N–H and O–H groups in total. The maximum atomic E-state index is 8.90. The van der Waals surface area contributed by atoms with Crippen LogP contribution in [0.15, 0.2) is 16.7 Å². The lowest BCUT2D eigenvalue weighted by molar-refractivity contribution is 0.606. The van der Waals surface area contributed by atoms with Crippen molar-refractivity contribution in [2.75, 3.05) is 11.9 Å². The smallest absolute Gasteiger partial charge is 0.143 e. The third kappa shape index (κ3) is 3.88. The number of anilines is 1. The summed E-state index contributed by atoms with van der Waals surface area (Å²) in [4.78, 5) is 4.17. The maximum absolute atomic E-state index is 8.90. The summed E-state index contributed by atoms with van der Waals surface area (Å²) >= 11 is 3.29. The number of aromatic nitrogens is 1. The highest BCUT2D eigenvalue weighted by Gasteiger charge is 2.03. The molecule has 0 bridgehead atoms. The van der Waals surface area contributed by atoms with Crippen molar-refractivity contribution in [1.82, 2.24) is 4.98 Å².